The van der Waals surface area contributed by atoms with Crippen molar-refractivity contribution >= 4 is 11.8 Å². The number of alkyl carbamates (subject to hydrolysis) is 1. The average molecular weight is 250 g/mol. The van der Waals surface area contributed by atoms with Gasteiger partial charge in [-0.25, -0.2) is 4.79 Å². The quantitative estimate of drug-likeness (QED) is 0.809. The molecule has 100 valence electrons. The van der Waals surface area contributed by atoms with Gasteiger partial charge in [0.05, 0.1) is 6.54 Å². The van der Waals surface area contributed by atoms with Crippen LogP contribution in [0.3, 0.4) is 0 Å². The molecule has 0 saturated heterocycles. The lowest BCUT2D eigenvalue weighted by molar-refractivity contribution is 0.149. The van der Waals surface area contributed by atoms with E-state index in [0.717, 1.165) is 18.7 Å². The zero-order valence-corrected chi connectivity index (χ0v) is 11.2. The number of nitrogens with one attached hydrogen (secondary N) is 1. The Hall–Kier alpha value is -1.71. The largest absolute Gasteiger partial charge is 0.448 e. The highest BCUT2D eigenvalue weighted by molar-refractivity contribution is 5.67. The number of carbonyl (C=O) groups excluding carboxylic acids is 1. The van der Waals surface area contributed by atoms with E-state index in [1.807, 2.05) is 25.1 Å². The van der Waals surface area contributed by atoms with Gasteiger partial charge in [0.15, 0.2) is 0 Å². The Morgan fingerprint density at radius 3 is 2.61 bits per heavy atom. The summed E-state index contributed by atoms with van der Waals surface area (Å²) in [5, 5.41) is 2.68. The van der Waals surface area contributed by atoms with E-state index >= 15 is 0 Å². The molecule has 1 aromatic rings. The van der Waals surface area contributed by atoms with Crippen LogP contribution in [-0.2, 0) is 4.74 Å². The third-order valence-corrected chi connectivity index (χ3v) is 2.62. The fourth-order valence-electron chi connectivity index (χ4n) is 1.64. The van der Waals surface area contributed by atoms with Gasteiger partial charge in [0.25, 0.3) is 0 Å². The molecule has 0 saturated carbocycles. The average Bonchev–Trinajstić information content (AvgIpc) is 2.42. The topological polar surface area (TPSA) is 41.6 Å². The summed E-state index contributed by atoms with van der Waals surface area (Å²) in [6, 6.07) is 10.1. The van der Waals surface area contributed by atoms with Gasteiger partial charge >= 0.3 is 6.09 Å². The molecular formula is C14H22N2O2. The van der Waals surface area contributed by atoms with E-state index in [2.05, 4.69) is 29.3 Å². The van der Waals surface area contributed by atoms with Crippen molar-refractivity contribution in [3.05, 3.63) is 30.3 Å². The number of anilines is 1. The molecule has 18 heavy (non-hydrogen) atoms. The van der Waals surface area contributed by atoms with Gasteiger partial charge in [0.2, 0.25) is 0 Å². The van der Waals surface area contributed by atoms with Crippen LogP contribution in [-0.4, -0.2) is 32.3 Å². The summed E-state index contributed by atoms with van der Waals surface area (Å²) >= 11 is 0. The van der Waals surface area contributed by atoms with E-state index in [1.54, 1.807) is 0 Å². The molecule has 1 amide bonds. The fraction of sp³-hybridized carbons (Fsp3) is 0.500. The number of benzene rings is 1. The molecule has 0 atom stereocenters. The lowest BCUT2D eigenvalue weighted by Gasteiger charge is -2.22. The second-order valence-corrected chi connectivity index (χ2v) is 3.98. The number of para-hydroxylation sites is 1. The third-order valence-electron chi connectivity index (χ3n) is 2.62. The molecule has 0 heterocycles. The fourth-order valence-corrected chi connectivity index (χ4v) is 1.64. The Bertz CT molecular complexity index is 341. The van der Waals surface area contributed by atoms with Gasteiger partial charge in [-0.15, -0.1) is 0 Å². The van der Waals surface area contributed by atoms with Crippen molar-refractivity contribution in [1.82, 2.24) is 5.32 Å². The molecule has 0 aliphatic rings. The van der Waals surface area contributed by atoms with Crippen LogP contribution in [0.5, 0.6) is 0 Å². The SMILES string of the molecule is CCCNC(=O)OCCN(CC)c1ccccc1. The molecule has 0 radical (unpaired) electrons. The van der Waals surface area contributed by atoms with Crippen molar-refractivity contribution in [1.29, 1.82) is 0 Å². The normalized spacial score (nSPS) is 9.89. The molecule has 1 rings (SSSR count). The van der Waals surface area contributed by atoms with E-state index in [4.69, 9.17) is 4.74 Å². The van der Waals surface area contributed by atoms with E-state index < -0.39 is 0 Å². The summed E-state index contributed by atoms with van der Waals surface area (Å²) in [4.78, 5) is 13.4. The number of rotatable bonds is 7. The summed E-state index contributed by atoms with van der Waals surface area (Å²) < 4.78 is 5.11. The number of hydrogen-bond donors (Lipinski definition) is 1. The van der Waals surface area contributed by atoms with Crippen molar-refractivity contribution in [2.45, 2.75) is 20.3 Å². The van der Waals surface area contributed by atoms with Crippen LogP contribution in [0.15, 0.2) is 30.3 Å². The van der Waals surface area contributed by atoms with Crippen molar-refractivity contribution in [3.8, 4) is 0 Å². The summed E-state index contributed by atoms with van der Waals surface area (Å²) in [6.07, 6.45) is 0.584. The maximum Gasteiger partial charge on any atom is 0.407 e. The Morgan fingerprint density at radius 1 is 1.28 bits per heavy atom. The first-order valence-electron chi connectivity index (χ1n) is 6.48. The van der Waals surface area contributed by atoms with Gasteiger partial charge in [0, 0.05) is 18.8 Å². The maximum atomic E-state index is 11.3. The maximum absolute atomic E-state index is 11.3. The molecule has 1 N–H and O–H groups in total. The molecular weight excluding hydrogens is 228 g/mol. The smallest absolute Gasteiger partial charge is 0.407 e. The first-order chi connectivity index (χ1) is 8.77. The van der Waals surface area contributed by atoms with Gasteiger partial charge in [-0.3, -0.25) is 0 Å². The highest BCUT2D eigenvalue weighted by atomic mass is 16.5. The van der Waals surface area contributed by atoms with E-state index in [0.29, 0.717) is 19.7 Å². The first kappa shape index (κ1) is 14.4. The molecule has 0 aliphatic carbocycles. The van der Waals surface area contributed by atoms with Gasteiger partial charge in [-0.1, -0.05) is 25.1 Å². The number of hydrogen-bond acceptors (Lipinski definition) is 3. The number of amides is 1. The van der Waals surface area contributed by atoms with Crippen LogP contribution in [0.25, 0.3) is 0 Å². The first-order valence-corrected chi connectivity index (χ1v) is 6.48. The van der Waals surface area contributed by atoms with Crippen LogP contribution in [0.1, 0.15) is 20.3 Å². The van der Waals surface area contributed by atoms with Gasteiger partial charge < -0.3 is 15.0 Å². The second-order valence-electron chi connectivity index (χ2n) is 3.98. The minimum absolute atomic E-state index is 0.332. The van der Waals surface area contributed by atoms with Gasteiger partial charge in [-0.05, 0) is 25.5 Å². The minimum atomic E-state index is -0.332. The van der Waals surface area contributed by atoms with Gasteiger partial charge in [0.1, 0.15) is 6.61 Å². The second kappa shape index (κ2) is 8.39. The Kier molecular flexibility index (Phi) is 6.69. The molecule has 1 aromatic carbocycles. The van der Waals surface area contributed by atoms with Crippen LogP contribution in [0.4, 0.5) is 10.5 Å². The summed E-state index contributed by atoms with van der Waals surface area (Å²) in [7, 11) is 0. The highest BCUT2D eigenvalue weighted by Crippen LogP contribution is 2.11. The van der Waals surface area contributed by atoms with E-state index in [-0.39, 0.29) is 6.09 Å². The zero-order valence-electron chi connectivity index (χ0n) is 11.2. The predicted molar refractivity (Wildman–Crippen MR) is 74.0 cm³/mol. The summed E-state index contributed by atoms with van der Waals surface area (Å²) in [5.74, 6) is 0. The van der Waals surface area contributed by atoms with Crippen LogP contribution < -0.4 is 10.2 Å². The van der Waals surface area contributed by atoms with Crippen LogP contribution in [0.2, 0.25) is 0 Å². The molecule has 0 fully saturated rings. The van der Waals surface area contributed by atoms with Crippen molar-refractivity contribution in [3.63, 3.8) is 0 Å². The molecule has 4 heteroatoms. The minimum Gasteiger partial charge on any atom is -0.448 e. The van der Waals surface area contributed by atoms with E-state index in [9.17, 15) is 4.79 Å². The Morgan fingerprint density at radius 2 is 2.00 bits per heavy atom. The van der Waals surface area contributed by atoms with Gasteiger partial charge in [-0.2, -0.15) is 0 Å². The van der Waals surface area contributed by atoms with E-state index in [1.165, 1.54) is 0 Å². The van der Waals surface area contributed by atoms with Crippen molar-refractivity contribution < 1.29 is 9.53 Å². The molecule has 0 aliphatic heterocycles. The molecule has 0 unspecified atom stereocenters. The summed E-state index contributed by atoms with van der Waals surface area (Å²) in [6.45, 7) is 6.76. The van der Waals surface area contributed by atoms with Crippen molar-refractivity contribution in [2.75, 3.05) is 31.1 Å². The number of likely N-dealkylation sites (N-methyl/N-ethyl adjacent to an activating group) is 1. The Labute approximate surface area is 109 Å². The zero-order chi connectivity index (χ0) is 13.2. The number of ether oxygens (including phenoxy) is 1. The molecule has 0 bridgehead atoms. The lowest BCUT2D eigenvalue weighted by Crippen LogP contribution is -2.31. The predicted octanol–water partition coefficient (Wildman–Crippen LogP) is 2.65. The molecule has 4 nitrogen and oxygen atoms in total. The highest BCUT2D eigenvalue weighted by Gasteiger charge is 2.05. The van der Waals surface area contributed by atoms with Crippen molar-refractivity contribution in [2.24, 2.45) is 0 Å². The van der Waals surface area contributed by atoms with Crippen LogP contribution in [0, 0.1) is 0 Å². The Balaban J connectivity index is 2.30. The summed E-state index contributed by atoms with van der Waals surface area (Å²) in [5.41, 5.74) is 1.15. The number of carbonyl (C=O) groups is 1. The lowest BCUT2D eigenvalue weighted by atomic mass is 10.3. The monoisotopic (exact) mass is 250 g/mol. The number of nitrogens with zero attached hydrogens (tertiary/aromatic N) is 1. The van der Waals surface area contributed by atoms with Crippen LogP contribution >= 0.6 is 0 Å². The standard InChI is InChI=1S/C14H22N2O2/c1-3-10-15-14(17)18-12-11-16(4-2)13-8-6-5-7-9-13/h5-9H,3-4,10-12H2,1-2H3,(H,15,17). The molecule has 0 aromatic heterocycles. The molecule has 0 spiro atoms. The third kappa shape index (κ3) is 5.08.